The van der Waals surface area contributed by atoms with Crippen molar-refractivity contribution in [2.75, 3.05) is 38.8 Å². The van der Waals surface area contributed by atoms with Crippen LogP contribution in [-0.2, 0) is 16.3 Å². The average molecular weight is 440 g/mol. The first-order valence-electron chi connectivity index (χ1n) is 10.9. The minimum atomic E-state index is -2.98. The van der Waals surface area contributed by atoms with Gasteiger partial charge in [0.05, 0.1) is 25.6 Å². The molecule has 0 aliphatic carbocycles. The summed E-state index contributed by atoms with van der Waals surface area (Å²) in [6.07, 6.45) is 4.10. The molecular formula is C23H37NO5S. The summed E-state index contributed by atoms with van der Waals surface area (Å²) in [6.45, 7) is 8.95. The van der Waals surface area contributed by atoms with Crippen molar-refractivity contribution in [2.45, 2.75) is 58.6 Å². The molecule has 6 nitrogen and oxygen atoms in total. The molecule has 2 aliphatic heterocycles. The van der Waals surface area contributed by atoms with E-state index in [1.54, 1.807) is 7.11 Å². The minimum absolute atomic E-state index is 0.116. The standard InChI is InChI=1S/C23H37NO5S/c1-23(2,3)14-17-15-24-8-7-16-11-22(29-9-6-10-30(5,26)27)21(28-4)12-18(16)19(24)13-20(17)25/h11-12,17,19-20,25H,6-10,13-15H2,1-5H3. The number of sulfone groups is 1. The van der Waals surface area contributed by atoms with Crippen molar-refractivity contribution in [1.82, 2.24) is 4.90 Å². The van der Waals surface area contributed by atoms with Crippen LogP contribution in [0, 0.1) is 11.3 Å². The fourth-order valence-electron chi connectivity index (χ4n) is 4.86. The highest BCUT2D eigenvalue weighted by molar-refractivity contribution is 7.90. The number of aliphatic hydroxyl groups is 1. The Kier molecular flexibility index (Phi) is 7.04. The first-order valence-corrected chi connectivity index (χ1v) is 13.0. The Bertz CT molecular complexity index is 846. The normalized spacial score (nSPS) is 24.8. The van der Waals surface area contributed by atoms with Gasteiger partial charge in [-0.15, -0.1) is 0 Å². The van der Waals surface area contributed by atoms with Gasteiger partial charge in [0.1, 0.15) is 9.84 Å². The molecule has 0 amide bonds. The molecule has 2 aliphatic rings. The van der Waals surface area contributed by atoms with Gasteiger partial charge in [0.2, 0.25) is 0 Å². The summed E-state index contributed by atoms with van der Waals surface area (Å²) in [7, 11) is -1.36. The third kappa shape index (κ3) is 5.89. The van der Waals surface area contributed by atoms with Gasteiger partial charge in [-0.3, -0.25) is 4.90 Å². The molecule has 3 atom stereocenters. The van der Waals surface area contributed by atoms with Crippen molar-refractivity contribution in [3.63, 3.8) is 0 Å². The van der Waals surface area contributed by atoms with E-state index < -0.39 is 9.84 Å². The highest BCUT2D eigenvalue weighted by Gasteiger charge is 2.39. The Labute approximate surface area is 181 Å². The fourth-order valence-corrected chi connectivity index (χ4v) is 5.50. The maximum atomic E-state index is 11.3. The molecule has 1 fully saturated rings. The molecule has 7 heteroatoms. The Balaban J connectivity index is 1.74. The molecule has 3 unspecified atom stereocenters. The molecule has 0 aromatic heterocycles. The van der Waals surface area contributed by atoms with Crippen LogP contribution in [0.4, 0.5) is 0 Å². The lowest BCUT2D eigenvalue weighted by Gasteiger charge is -2.47. The van der Waals surface area contributed by atoms with E-state index in [1.165, 1.54) is 17.4 Å². The molecule has 1 N–H and O–H groups in total. The van der Waals surface area contributed by atoms with Crippen LogP contribution in [-0.4, -0.2) is 63.3 Å². The number of hydrogen-bond donors (Lipinski definition) is 1. The third-order valence-electron chi connectivity index (χ3n) is 6.16. The van der Waals surface area contributed by atoms with Crippen molar-refractivity contribution in [1.29, 1.82) is 0 Å². The van der Waals surface area contributed by atoms with Gasteiger partial charge in [-0.25, -0.2) is 8.42 Å². The zero-order chi connectivity index (χ0) is 22.1. The molecule has 1 saturated heterocycles. The molecule has 0 radical (unpaired) electrons. The zero-order valence-corrected chi connectivity index (χ0v) is 19.8. The molecular weight excluding hydrogens is 402 g/mol. The van der Waals surface area contributed by atoms with Crippen LogP contribution in [0.2, 0.25) is 0 Å². The van der Waals surface area contributed by atoms with Gasteiger partial charge in [-0.05, 0) is 60.3 Å². The maximum absolute atomic E-state index is 11.3. The molecule has 0 saturated carbocycles. The number of hydrogen-bond acceptors (Lipinski definition) is 6. The van der Waals surface area contributed by atoms with Gasteiger partial charge in [-0.1, -0.05) is 20.8 Å². The largest absolute Gasteiger partial charge is 0.493 e. The molecule has 0 spiro atoms. The topological polar surface area (TPSA) is 76.1 Å². The van der Waals surface area contributed by atoms with E-state index in [0.29, 0.717) is 30.4 Å². The average Bonchev–Trinajstić information content (AvgIpc) is 2.63. The summed E-state index contributed by atoms with van der Waals surface area (Å²) >= 11 is 0. The number of aliphatic hydroxyl groups excluding tert-OH is 1. The Hall–Kier alpha value is -1.31. The van der Waals surface area contributed by atoms with E-state index >= 15 is 0 Å². The molecule has 1 aromatic rings. The second kappa shape index (κ2) is 9.05. The Morgan fingerprint density at radius 1 is 1.23 bits per heavy atom. The number of nitrogens with zero attached hydrogens (tertiary/aromatic N) is 1. The number of ether oxygens (including phenoxy) is 2. The molecule has 30 heavy (non-hydrogen) atoms. The lowest BCUT2D eigenvalue weighted by Crippen LogP contribution is -2.48. The van der Waals surface area contributed by atoms with E-state index in [-0.39, 0.29) is 23.3 Å². The van der Waals surface area contributed by atoms with Gasteiger partial charge in [0.15, 0.2) is 11.5 Å². The van der Waals surface area contributed by atoms with Crippen LogP contribution >= 0.6 is 0 Å². The SMILES string of the molecule is COc1cc2c(cc1OCCCS(C)(=O)=O)CCN1CC(CC(C)(C)C)C(O)CC21. The lowest BCUT2D eigenvalue weighted by atomic mass is 9.75. The van der Waals surface area contributed by atoms with Gasteiger partial charge in [0, 0.05) is 25.4 Å². The first kappa shape index (κ1) is 23.4. The van der Waals surface area contributed by atoms with Crippen LogP contribution < -0.4 is 9.47 Å². The monoisotopic (exact) mass is 439 g/mol. The first-order chi connectivity index (χ1) is 14.0. The van der Waals surface area contributed by atoms with Crippen molar-refractivity contribution in [3.05, 3.63) is 23.3 Å². The van der Waals surface area contributed by atoms with Gasteiger partial charge < -0.3 is 14.6 Å². The highest BCUT2D eigenvalue weighted by Crippen LogP contribution is 2.44. The predicted octanol–water partition coefficient (Wildman–Crippen LogP) is 3.22. The minimum Gasteiger partial charge on any atom is -0.493 e. The summed E-state index contributed by atoms with van der Waals surface area (Å²) in [5, 5.41) is 10.9. The van der Waals surface area contributed by atoms with E-state index in [1.807, 2.05) is 6.07 Å². The Morgan fingerprint density at radius 3 is 2.60 bits per heavy atom. The molecule has 3 rings (SSSR count). The number of fused-ring (bicyclic) bond motifs is 3. The summed E-state index contributed by atoms with van der Waals surface area (Å²) in [4.78, 5) is 2.51. The predicted molar refractivity (Wildman–Crippen MR) is 119 cm³/mol. The summed E-state index contributed by atoms with van der Waals surface area (Å²) < 4.78 is 34.1. The fraction of sp³-hybridized carbons (Fsp3) is 0.739. The Morgan fingerprint density at radius 2 is 1.97 bits per heavy atom. The maximum Gasteiger partial charge on any atom is 0.161 e. The summed E-state index contributed by atoms with van der Waals surface area (Å²) in [5.41, 5.74) is 2.66. The lowest BCUT2D eigenvalue weighted by molar-refractivity contribution is -0.0259. The van der Waals surface area contributed by atoms with E-state index in [4.69, 9.17) is 9.47 Å². The van der Waals surface area contributed by atoms with Gasteiger partial charge in [-0.2, -0.15) is 0 Å². The second-order valence-corrected chi connectivity index (χ2v) is 12.4. The molecule has 1 aromatic carbocycles. The van der Waals surface area contributed by atoms with Gasteiger partial charge >= 0.3 is 0 Å². The zero-order valence-electron chi connectivity index (χ0n) is 19.0. The van der Waals surface area contributed by atoms with Crippen LogP contribution in [0.25, 0.3) is 0 Å². The van der Waals surface area contributed by atoms with Crippen LogP contribution in [0.1, 0.15) is 57.2 Å². The van der Waals surface area contributed by atoms with Crippen molar-refractivity contribution in [3.8, 4) is 11.5 Å². The molecule has 170 valence electrons. The van der Waals surface area contributed by atoms with Crippen molar-refractivity contribution < 1.29 is 23.0 Å². The summed E-state index contributed by atoms with van der Waals surface area (Å²) in [6, 6.07) is 4.29. The van der Waals surface area contributed by atoms with Crippen LogP contribution in [0.3, 0.4) is 0 Å². The molecule has 2 heterocycles. The molecule has 0 bridgehead atoms. The van der Waals surface area contributed by atoms with Gasteiger partial charge in [0.25, 0.3) is 0 Å². The van der Waals surface area contributed by atoms with E-state index in [2.05, 4.69) is 31.7 Å². The van der Waals surface area contributed by atoms with Crippen molar-refractivity contribution >= 4 is 9.84 Å². The smallest absolute Gasteiger partial charge is 0.161 e. The number of methoxy groups -OCH3 is 1. The quantitative estimate of drug-likeness (QED) is 0.658. The summed E-state index contributed by atoms with van der Waals surface area (Å²) in [5.74, 6) is 1.76. The third-order valence-corrected chi connectivity index (χ3v) is 7.19. The van der Waals surface area contributed by atoms with E-state index in [9.17, 15) is 13.5 Å². The highest BCUT2D eigenvalue weighted by atomic mass is 32.2. The van der Waals surface area contributed by atoms with Crippen LogP contribution in [0.15, 0.2) is 12.1 Å². The van der Waals surface area contributed by atoms with Crippen LogP contribution in [0.5, 0.6) is 11.5 Å². The van der Waals surface area contributed by atoms with Crippen molar-refractivity contribution in [2.24, 2.45) is 11.3 Å². The number of benzene rings is 1. The number of piperidine rings is 1. The number of rotatable bonds is 7. The van der Waals surface area contributed by atoms with E-state index in [0.717, 1.165) is 32.4 Å². The second-order valence-electron chi connectivity index (χ2n) is 10.1.